The highest BCUT2D eigenvalue weighted by atomic mass is 35.5. The summed E-state index contributed by atoms with van der Waals surface area (Å²) in [6, 6.07) is 0. The summed E-state index contributed by atoms with van der Waals surface area (Å²) in [5.41, 5.74) is 0. The molecule has 0 aromatic carbocycles. The number of likely N-dealkylation sites (tertiary alicyclic amines) is 2. The van der Waals surface area contributed by atoms with Crippen LogP contribution in [-0.2, 0) is 0 Å². The molecular weight excluding hydrogens is 232 g/mol. The van der Waals surface area contributed by atoms with Crippen molar-refractivity contribution in [3.8, 4) is 0 Å². The van der Waals surface area contributed by atoms with Crippen LogP contribution >= 0.6 is 11.6 Å². The molecule has 2 nitrogen and oxygen atoms in total. The van der Waals surface area contributed by atoms with Gasteiger partial charge in [0.1, 0.15) is 0 Å². The maximum atomic E-state index is 5.88. The van der Waals surface area contributed by atoms with Gasteiger partial charge in [0.15, 0.2) is 0 Å². The first-order valence-electron chi connectivity index (χ1n) is 7.28. The van der Waals surface area contributed by atoms with Crippen molar-refractivity contribution in [1.82, 2.24) is 9.80 Å². The Hall–Kier alpha value is 0.210. The first-order valence-corrected chi connectivity index (χ1v) is 7.82. The smallest absolute Gasteiger partial charge is 0.0261 e. The van der Waals surface area contributed by atoms with Gasteiger partial charge < -0.3 is 9.80 Å². The number of rotatable bonds is 5. The third-order valence-corrected chi connectivity index (χ3v) is 4.78. The van der Waals surface area contributed by atoms with Gasteiger partial charge in [-0.25, -0.2) is 0 Å². The van der Waals surface area contributed by atoms with E-state index in [1.54, 1.807) is 0 Å². The van der Waals surface area contributed by atoms with E-state index in [2.05, 4.69) is 16.7 Å². The normalized spacial score (nSPS) is 26.5. The van der Waals surface area contributed by atoms with Gasteiger partial charge in [0.05, 0.1) is 0 Å². The third-order valence-electron chi connectivity index (χ3n) is 4.26. The zero-order valence-electron chi connectivity index (χ0n) is 11.2. The van der Waals surface area contributed by atoms with E-state index in [-0.39, 0.29) is 0 Å². The summed E-state index contributed by atoms with van der Waals surface area (Å²) in [4.78, 5) is 5.27. The van der Waals surface area contributed by atoms with Crippen molar-refractivity contribution < 1.29 is 0 Å². The average molecular weight is 259 g/mol. The van der Waals surface area contributed by atoms with E-state index in [4.69, 9.17) is 11.6 Å². The molecule has 0 aliphatic carbocycles. The Morgan fingerprint density at radius 1 is 1.06 bits per heavy atom. The molecule has 0 spiro atoms. The second kappa shape index (κ2) is 6.96. The maximum Gasteiger partial charge on any atom is 0.0261 e. The number of piperidine rings is 1. The molecule has 2 aliphatic heterocycles. The van der Waals surface area contributed by atoms with Crippen LogP contribution < -0.4 is 0 Å². The summed E-state index contributed by atoms with van der Waals surface area (Å²) in [6.07, 6.45) is 5.63. The van der Waals surface area contributed by atoms with Gasteiger partial charge in [0, 0.05) is 19.0 Å². The molecule has 0 N–H and O–H groups in total. The van der Waals surface area contributed by atoms with Crippen LogP contribution in [0.5, 0.6) is 0 Å². The Kier molecular flexibility index (Phi) is 5.58. The van der Waals surface area contributed by atoms with E-state index in [0.717, 1.165) is 11.8 Å². The molecule has 0 bridgehead atoms. The van der Waals surface area contributed by atoms with Crippen molar-refractivity contribution in [2.75, 3.05) is 45.1 Å². The molecule has 2 heterocycles. The average Bonchev–Trinajstić information content (AvgIpc) is 2.84. The van der Waals surface area contributed by atoms with Gasteiger partial charge >= 0.3 is 0 Å². The molecule has 0 amide bonds. The molecular formula is C14H27ClN2. The Balaban J connectivity index is 1.63. The van der Waals surface area contributed by atoms with E-state index >= 15 is 0 Å². The van der Waals surface area contributed by atoms with E-state index in [1.165, 1.54) is 65.0 Å². The predicted octanol–water partition coefficient (Wildman–Crippen LogP) is 2.67. The zero-order chi connectivity index (χ0) is 12.1. The second-order valence-electron chi connectivity index (χ2n) is 6.01. The topological polar surface area (TPSA) is 6.48 Å². The Morgan fingerprint density at radius 3 is 2.29 bits per heavy atom. The highest BCUT2D eigenvalue weighted by Gasteiger charge is 2.23. The second-order valence-corrected chi connectivity index (χ2v) is 6.32. The minimum absolute atomic E-state index is 0.645. The summed E-state index contributed by atoms with van der Waals surface area (Å²) in [7, 11) is 0. The zero-order valence-corrected chi connectivity index (χ0v) is 12.0. The van der Waals surface area contributed by atoms with E-state index in [0.29, 0.717) is 5.92 Å². The molecule has 3 heteroatoms. The lowest BCUT2D eigenvalue weighted by atomic mass is 9.95. The minimum Gasteiger partial charge on any atom is -0.303 e. The summed E-state index contributed by atoms with van der Waals surface area (Å²) < 4.78 is 0. The predicted molar refractivity (Wildman–Crippen MR) is 74.7 cm³/mol. The molecule has 100 valence electrons. The molecule has 0 aromatic heterocycles. The van der Waals surface area contributed by atoms with Gasteiger partial charge in [-0.2, -0.15) is 0 Å². The van der Waals surface area contributed by atoms with Gasteiger partial charge in [-0.1, -0.05) is 6.92 Å². The van der Waals surface area contributed by atoms with Crippen LogP contribution in [0.4, 0.5) is 0 Å². The summed E-state index contributed by atoms with van der Waals surface area (Å²) in [6.45, 7) is 10.1. The van der Waals surface area contributed by atoms with Crippen molar-refractivity contribution in [1.29, 1.82) is 0 Å². The van der Waals surface area contributed by atoms with Crippen molar-refractivity contribution in [3.05, 3.63) is 0 Å². The SMILES string of the molecule is CC(CCl)CN1CCC(CN2CCCC2)CC1. The van der Waals surface area contributed by atoms with E-state index < -0.39 is 0 Å². The molecule has 2 rings (SSSR count). The molecule has 0 aromatic rings. The lowest BCUT2D eigenvalue weighted by Gasteiger charge is -2.34. The molecule has 1 unspecified atom stereocenters. The molecule has 0 radical (unpaired) electrons. The first kappa shape index (κ1) is 13.6. The summed E-state index contributed by atoms with van der Waals surface area (Å²) >= 11 is 5.88. The van der Waals surface area contributed by atoms with Gasteiger partial charge in [-0.3, -0.25) is 0 Å². The van der Waals surface area contributed by atoms with Crippen LogP contribution in [0.25, 0.3) is 0 Å². The standard InChI is InChI=1S/C14H27ClN2/c1-13(10-15)11-17-8-4-14(5-9-17)12-16-6-2-3-7-16/h13-14H,2-12H2,1H3. The van der Waals surface area contributed by atoms with Crippen LogP contribution in [-0.4, -0.2) is 54.9 Å². The molecule has 1 atom stereocenters. The van der Waals surface area contributed by atoms with Crippen molar-refractivity contribution in [2.45, 2.75) is 32.6 Å². The minimum atomic E-state index is 0.645. The lowest BCUT2D eigenvalue weighted by molar-refractivity contribution is 0.143. The van der Waals surface area contributed by atoms with Crippen LogP contribution in [0.1, 0.15) is 32.6 Å². The summed E-state index contributed by atoms with van der Waals surface area (Å²) in [5.74, 6) is 2.40. The quantitative estimate of drug-likeness (QED) is 0.700. The largest absolute Gasteiger partial charge is 0.303 e. The number of halogens is 1. The highest BCUT2D eigenvalue weighted by molar-refractivity contribution is 6.18. The molecule has 2 fully saturated rings. The first-order chi connectivity index (χ1) is 8.28. The van der Waals surface area contributed by atoms with Gasteiger partial charge in [-0.05, 0) is 63.7 Å². The monoisotopic (exact) mass is 258 g/mol. The van der Waals surface area contributed by atoms with E-state index in [1.807, 2.05) is 0 Å². The van der Waals surface area contributed by atoms with Gasteiger partial charge in [0.25, 0.3) is 0 Å². The van der Waals surface area contributed by atoms with Crippen LogP contribution in [0, 0.1) is 11.8 Å². The number of alkyl halides is 1. The Bertz CT molecular complexity index is 208. The number of hydrogen-bond acceptors (Lipinski definition) is 2. The van der Waals surface area contributed by atoms with Crippen molar-refractivity contribution in [2.24, 2.45) is 11.8 Å². The van der Waals surface area contributed by atoms with Crippen molar-refractivity contribution in [3.63, 3.8) is 0 Å². The molecule has 2 aliphatic rings. The lowest BCUT2D eigenvalue weighted by Crippen LogP contribution is -2.40. The summed E-state index contributed by atoms with van der Waals surface area (Å²) in [5, 5.41) is 0. The fourth-order valence-electron chi connectivity index (χ4n) is 3.17. The maximum absolute atomic E-state index is 5.88. The van der Waals surface area contributed by atoms with Crippen LogP contribution in [0.15, 0.2) is 0 Å². The van der Waals surface area contributed by atoms with Gasteiger partial charge in [-0.15, -0.1) is 11.6 Å². The molecule has 0 saturated carbocycles. The van der Waals surface area contributed by atoms with Crippen molar-refractivity contribution >= 4 is 11.6 Å². The van der Waals surface area contributed by atoms with Crippen LogP contribution in [0.2, 0.25) is 0 Å². The van der Waals surface area contributed by atoms with Crippen LogP contribution in [0.3, 0.4) is 0 Å². The number of hydrogen-bond donors (Lipinski definition) is 0. The fraction of sp³-hybridized carbons (Fsp3) is 1.00. The highest BCUT2D eigenvalue weighted by Crippen LogP contribution is 2.21. The van der Waals surface area contributed by atoms with Gasteiger partial charge in [0.2, 0.25) is 0 Å². The fourth-order valence-corrected chi connectivity index (χ4v) is 3.27. The third kappa shape index (κ3) is 4.42. The Morgan fingerprint density at radius 2 is 1.71 bits per heavy atom. The molecule has 2 saturated heterocycles. The number of nitrogens with zero attached hydrogens (tertiary/aromatic N) is 2. The molecule has 17 heavy (non-hydrogen) atoms. The Labute approximate surface area is 111 Å². The van der Waals surface area contributed by atoms with E-state index in [9.17, 15) is 0 Å².